The predicted octanol–water partition coefficient (Wildman–Crippen LogP) is 8.77. The van der Waals surface area contributed by atoms with Gasteiger partial charge >= 0.3 is 0 Å². The van der Waals surface area contributed by atoms with Crippen LogP contribution < -0.4 is 10.6 Å². The smallest absolute Gasteiger partial charge is 0.245 e. The maximum absolute atomic E-state index is 13.8. The lowest BCUT2D eigenvalue weighted by Gasteiger charge is -2.24. The molecule has 3 aromatic carbocycles. The van der Waals surface area contributed by atoms with Gasteiger partial charge < -0.3 is 16.0 Å². The maximum Gasteiger partial charge on any atom is 0.245 e. The zero-order chi connectivity index (χ0) is 27.0. The Hall–Kier alpha value is -3.73. The fraction of sp³-hybridized carbons (Fsp3) is 0.281. The van der Waals surface area contributed by atoms with E-state index in [1.54, 1.807) is 0 Å². The van der Waals surface area contributed by atoms with E-state index in [4.69, 9.17) is 5.41 Å². The molecular formula is C32H37F2N3. The third-order valence-electron chi connectivity index (χ3n) is 6.35. The van der Waals surface area contributed by atoms with Crippen molar-refractivity contribution in [3.63, 3.8) is 0 Å². The standard InChI is InChI=1S/C32H37F2N3/c1-22(2)17-19-36-24(4)25-10-12-27(13-11-25)31(16-18-32(5,33)34)37-30-15-14-28(20-29(30)21-35)26-8-6-23(3)7-9-26/h6-15,20-21,31,35-37H,1,4,16-19H2,2-3,5H3. The molecule has 0 aliphatic carbocycles. The van der Waals surface area contributed by atoms with Crippen LogP contribution in [0, 0.1) is 12.3 Å². The number of hydrogen-bond acceptors (Lipinski definition) is 3. The van der Waals surface area contributed by atoms with E-state index in [1.165, 1.54) is 11.8 Å². The highest BCUT2D eigenvalue weighted by atomic mass is 19.3. The van der Waals surface area contributed by atoms with E-state index in [9.17, 15) is 8.78 Å². The van der Waals surface area contributed by atoms with Gasteiger partial charge in [-0.15, -0.1) is 6.58 Å². The van der Waals surface area contributed by atoms with Crippen molar-refractivity contribution in [3.05, 3.63) is 108 Å². The van der Waals surface area contributed by atoms with Crippen LogP contribution in [0.5, 0.6) is 0 Å². The summed E-state index contributed by atoms with van der Waals surface area (Å²) in [5.41, 5.74) is 8.47. The first-order valence-electron chi connectivity index (χ1n) is 12.6. The van der Waals surface area contributed by atoms with Gasteiger partial charge in [0, 0.05) is 36.1 Å². The number of benzene rings is 3. The van der Waals surface area contributed by atoms with Gasteiger partial charge in [0.2, 0.25) is 5.92 Å². The van der Waals surface area contributed by atoms with Gasteiger partial charge in [-0.1, -0.05) is 72.3 Å². The molecule has 194 valence electrons. The number of alkyl halides is 2. The SMILES string of the molecule is C=C(C)CCNC(=C)c1ccc(C(CCC(C)(F)F)Nc2ccc(-c3ccc(C)cc3)cc2C=N)cc1. The number of halogens is 2. The zero-order valence-electron chi connectivity index (χ0n) is 22.0. The summed E-state index contributed by atoms with van der Waals surface area (Å²) >= 11 is 0. The van der Waals surface area contributed by atoms with E-state index >= 15 is 0 Å². The van der Waals surface area contributed by atoms with Gasteiger partial charge in [-0.3, -0.25) is 0 Å². The van der Waals surface area contributed by atoms with Crippen molar-refractivity contribution >= 4 is 17.6 Å². The van der Waals surface area contributed by atoms with Crippen molar-refractivity contribution in [2.75, 3.05) is 11.9 Å². The van der Waals surface area contributed by atoms with Crippen LogP contribution in [0.3, 0.4) is 0 Å². The highest BCUT2D eigenvalue weighted by Crippen LogP contribution is 2.32. The van der Waals surface area contributed by atoms with Crippen LogP contribution in [0.4, 0.5) is 14.5 Å². The molecule has 0 bridgehead atoms. The van der Waals surface area contributed by atoms with E-state index in [0.29, 0.717) is 5.56 Å². The molecule has 3 rings (SSSR count). The van der Waals surface area contributed by atoms with Gasteiger partial charge in [0.15, 0.2) is 0 Å². The second-order valence-electron chi connectivity index (χ2n) is 9.85. The summed E-state index contributed by atoms with van der Waals surface area (Å²) in [6, 6.07) is 21.6. The molecule has 0 saturated carbocycles. The quantitative estimate of drug-likeness (QED) is 0.162. The topological polar surface area (TPSA) is 47.9 Å². The average Bonchev–Trinajstić information content (AvgIpc) is 2.86. The molecule has 0 aromatic heterocycles. The minimum Gasteiger partial charge on any atom is -0.385 e. The molecule has 0 fully saturated rings. The van der Waals surface area contributed by atoms with Crippen molar-refractivity contribution in [2.24, 2.45) is 0 Å². The molecule has 1 atom stereocenters. The summed E-state index contributed by atoms with van der Waals surface area (Å²) in [7, 11) is 0. The van der Waals surface area contributed by atoms with Gasteiger partial charge in [0.05, 0.1) is 6.04 Å². The Labute approximate surface area is 219 Å². The molecule has 3 nitrogen and oxygen atoms in total. The third kappa shape index (κ3) is 8.42. The summed E-state index contributed by atoms with van der Waals surface area (Å²) in [6.45, 7) is 13.8. The summed E-state index contributed by atoms with van der Waals surface area (Å²) in [5, 5.41) is 14.7. The minimum absolute atomic E-state index is 0.247. The molecule has 3 aromatic rings. The number of hydrogen-bond donors (Lipinski definition) is 3. The van der Waals surface area contributed by atoms with Gasteiger partial charge in [-0.2, -0.15) is 0 Å². The molecular weight excluding hydrogens is 464 g/mol. The Bertz CT molecular complexity index is 1220. The van der Waals surface area contributed by atoms with Crippen molar-refractivity contribution < 1.29 is 8.78 Å². The lowest BCUT2D eigenvalue weighted by molar-refractivity contribution is 0.00971. The Kier molecular flexibility index (Phi) is 9.40. The molecule has 0 aliphatic heterocycles. The molecule has 0 saturated heterocycles. The van der Waals surface area contributed by atoms with Crippen LogP contribution >= 0.6 is 0 Å². The molecule has 0 amide bonds. The number of aryl methyl sites for hydroxylation is 1. The molecule has 0 spiro atoms. The Balaban J connectivity index is 1.83. The molecule has 0 aliphatic rings. The van der Waals surface area contributed by atoms with Crippen LogP contribution in [-0.2, 0) is 0 Å². The lowest BCUT2D eigenvalue weighted by Crippen LogP contribution is -2.18. The Morgan fingerprint density at radius 3 is 2.24 bits per heavy atom. The maximum atomic E-state index is 13.8. The highest BCUT2D eigenvalue weighted by Gasteiger charge is 2.24. The lowest BCUT2D eigenvalue weighted by atomic mass is 9.96. The number of nitrogens with one attached hydrogen (secondary N) is 3. The number of anilines is 1. The van der Waals surface area contributed by atoms with Crippen LogP contribution in [-0.4, -0.2) is 18.7 Å². The largest absolute Gasteiger partial charge is 0.385 e. The van der Waals surface area contributed by atoms with Gasteiger partial charge in [0.1, 0.15) is 0 Å². The fourth-order valence-corrected chi connectivity index (χ4v) is 4.09. The summed E-state index contributed by atoms with van der Waals surface area (Å²) in [4.78, 5) is 0. The molecule has 0 heterocycles. The summed E-state index contributed by atoms with van der Waals surface area (Å²) in [6.07, 6.45) is 2.17. The van der Waals surface area contributed by atoms with Gasteiger partial charge in [0.25, 0.3) is 0 Å². The van der Waals surface area contributed by atoms with Gasteiger partial charge in [-0.25, -0.2) is 8.78 Å². The Morgan fingerprint density at radius 1 is 1.00 bits per heavy atom. The highest BCUT2D eigenvalue weighted by molar-refractivity contribution is 5.88. The first kappa shape index (κ1) is 27.9. The molecule has 37 heavy (non-hydrogen) atoms. The zero-order valence-corrected chi connectivity index (χ0v) is 22.0. The van der Waals surface area contributed by atoms with Crippen molar-refractivity contribution in [1.29, 1.82) is 5.41 Å². The van der Waals surface area contributed by atoms with Crippen molar-refractivity contribution in [3.8, 4) is 11.1 Å². The molecule has 1 unspecified atom stereocenters. The van der Waals surface area contributed by atoms with E-state index in [1.807, 2.05) is 56.3 Å². The normalized spacial score (nSPS) is 12.0. The Morgan fingerprint density at radius 2 is 1.65 bits per heavy atom. The second-order valence-corrected chi connectivity index (χ2v) is 9.85. The second kappa shape index (κ2) is 12.5. The predicted molar refractivity (Wildman–Crippen MR) is 154 cm³/mol. The minimum atomic E-state index is -2.76. The average molecular weight is 502 g/mol. The van der Waals surface area contributed by atoms with Crippen molar-refractivity contribution in [2.45, 2.75) is 52.0 Å². The summed E-state index contributed by atoms with van der Waals surface area (Å²) in [5.74, 6) is -2.76. The van der Waals surface area contributed by atoms with Gasteiger partial charge in [-0.05, 0) is 68.0 Å². The monoisotopic (exact) mass is 501 g/mol. The first-order valence-corrected chi connectivity index (χ1v) is 12.6. The van der Waals surface area contributed by atoms with Crippen LogP contribution in [0.1, 0.15) is 61.4 Å². The van der Waals surface area contributed by atoms with E-state index in [0.717, 1.165) is 59.1 Å². The van der Waals surface area contributed by atoms with E-state index in [2.05, 4.69) is 48.1 Å². The molecule has 3 N–H and O–H groups in total. The van der Waals surface area contributed by atoms with Crippen LogP contribution in [0.15, 0.2) is 85.5 Å². The molecule has 5 heteroatoms. The van der Waals surface area contributed by atoms with Crippen LogP contribution in [0.2, 0.25) is 0 Å². The third-order valence-corrected chi connectivity index (χ3v) is 6.35. The first-order chi connectivity index (χ1) is 17.6. The van der Waals surface area contributed by atoms with E-state index in [-0.39, 0.29) is 18.9 Å². The van der Waals surface area contributed by atoms with E-state index < -0.39 is 5.92 Å². The number of rotatable bonds is 13. The fourth-order valence-electron chi connectivity index (χ4n) is 4.09. The van der Waals surface area contributed by atoms with Crippen LogP contribution in [0.25, 0.3) is 16.8 Å². The summed E-state index contributed by atoms with van der Waals surface area (Å²) < 4.78 is 27.6. The molecule has 0 radical (unpaired) electrons. The van der Waals surface area contributed by atoms with Crippen molar-refractivity contribution in [1.82, 2.24) is 5.32 Å².